The Morgan fingerprint density at radius 2 is 2.19 bits per heavy atom. The Hall–Kier alpha value is -2.26. The van der Waals surface area contributed by atoms with E-state index in [1.54, 1.807) is 22.7 Å². The van der Waals surface area contributed by atoms with Crippen LogP contribution < -0.4 is 5.32 Å². The minimum absolute atomic E-state index is 0.0159. The first kappa shape index (κ1) is 19.5. The fourth-order valence-corrected chi connectivity index (χ4v) is 3.89. The van der Waals surface area contributed by atoms with Gasteiger partial charge in [0.1, 0.15) is 0 Å². The van der Waals surface area contributed by atoms with Crippen molar-refractivity contribution in [3.05, 3.63) is 34.1 Å². The molecule has 0 aliphatic heterocycles. The maximum absolute atomic E-state index is 11.8. The quantitative estimate of drug-likeness (QED) is 0.409. The lowest BCUT2D eigenvalue weighted by atomic mass is 10.2. The van der Waals surface area contributed by atoms with Crippen LogP contribution in [-0.2, 0) is 16.1 Å². The standard InChI is InChI=1S/C18H22N4O3S2/c1-11(2)17-21-15(25-22-17)9-24-16(23)5-4-8-19-18-20-13(10-26-18)14-7-6-12(3)27-14/h6-7,10-11H,4-5,8-9H2,1-3H3,(H,19,20). The van der Waals surface area contributed by atoms with Crippen molar-refractivity contribution < 1.29 is 14.1 Å². The van der Waals surface area contributed by atoms with Gasteiger partial charge in [0.2, 0.25) is 0 Å². The van der Waals surface area contributed by atoms with Crippen molar-refractivity contribution in [2.24, 2.45) is 0 Å². The number of aryl methyl sites for hydroxylation is 1. The van der Waals surface area contributed by atoms with Crippen LogP contribution in [0.3, 0.4) is 0 Å². The first-order valence-electron chi connectivity index (χ1n) is 8.75. The third kappa shape index (κ3) is 5.61. The number of hydrogen-bond acceptors (Lipinski definition) is 9. The van der Waals surface area contributed by atoms with Crippen molar-refractivity contribution in [2.75, 3.05) is 11.9 Å². The normalized spacial score (nSPS) is 11.1. The molecule has 0 radical (unpaired) electrons. The van der Waals surface area contributed by atoms with Gasteiger partial charge < -0.3 is 14.6 Å². The zero-order valence-corrected chi connectivity index (χ0v) is 17.2. The van der Waals surface area contributed by atoms with Crippen molar-refractivity contribution in [1.29, 1.82) is 0 Å². The highest BCUT2D eigenvalue weighted by molar-refractivity contribution is 7.16. The number of aromatic nitrogens is 3. The SMILES string of the molecule is Cc1ccc(-c2csc(NCCCC(=O)OCc3nc(C(C)C)no3)n2)s1. The molecule has 0 aromatic carbocycles. The minimum Gasteiger partial charge on any atom is -0.456 e. The highest BCUT2D eigenvalue weighted by Crippen LogP contribution is 2.30. The summed E-state index contributed by atoms with van der Waals surface area (Å²) in [4.78, 5) is 23.0. The maximum Gasteiger partial charge on any atom is 0.306 e. The number of nitrogens with one attached hydrogen (secondary N) is 1. The first-order chi connectivity index (χ1) is 13.0. The Morgan fingerprint density at radius 3 is 2.89 bits per heavy atom. The van der Waals surface area contributed by atoms with Gasteiger partial charge in [-0.15, -0.1) is 22.7 Å². The minimum atomic E-state index is -0.282. The van der Waals surface area contributed by atoms with Crippen LogP contribution in [0, 0.1) is 6.92 Å². The van der Waals surface area contributed by atoms with Crippen LogP contribution in [0.5, 0.6) is 0 Å². The molecule has 0 spiro atoms. The molecule has 3 aromatic heterocycles. The van der Waals surface area contributed by atoms with Crippen LogP contribution >= 0.6 is 22.7 Å². The lowest BCUT2D eigenvalue weighted by Gasteiger charge is -2.03. The van der Waals surface area contributed by atoms with Gasteiger partial charge in [-0.1, -0.05) is 19.0 Å². The molecule has 7 nitrogen and oxygen atoms in total. The molecule has 3 rings (SSSR count). The average molecular weight is 407 g/mol. The topological polar surface area (TPSA) is 90.1 Å². The summed E-state index contributed by atoms with van der Waals surface area (Å²) in [5, 5.41) is 9.98. The van der Waals surface area contributed by atoms with Gasteiger partial charge >= 0.3 is 5.97 Å². The summed E-state index contributed by atoms with van der Waals surface area (Å²) in [6, 6.07) is 4.18. The second-order valence-electron chi connectivity index (χ2n) is 6.34. The zero-order valence-electron chi connectivity index (χ0n) is 15.5. The largest absolute Gasteiger partial charge is 0.456 e. The van der Waals surface area contributed by atoms with E-state index in [1.807, 2.05) is 19.2 Å². The van der Waals surface area contributed by atoms with Gasteiger partial charge in [-0.2, -0.15) is 4.98 Å². The highest BCUT2D eigenvalue weighted by Gasteiger charge is 2.12. The van der Waals surface area contributed by atoms with Crippen molar-refractivity contribution in [3.8, 4) is 10.6 Å². The molecule has 3 aromatic rings. The van der Waals surface area contributed by atoms with Gasteiger partial charge in [0, 0.05) is 29.1 Å². The Bertz CT molecular complexity index is 885. The van der Waals surface area contributed by atoms with Crippen molar-refractivity contribution in [2.45, 2.75) is 46.1 Å². The molecular formula is C18H22N4O3S2. The smallest absolute Gasteiger partial charge is 0.306 e. The number of thiophene rings is 1. The van der Waals surface area contributed by atoms with E-state index in [4.69, 9.17) is 9.26 Å². The number of ether oxygens (including phenoxy) is 1. The van der Waals surface area contributed by atoms with Crippen LogP contribution in [0.25, 0.3) is 10.6 Å². The lowest BCUT2D eigenvalue weighted by Crippen LogP contribution is -2.08. The molecule has 9 heteroatoms. The molecule has 144 valence electrons. The highest BCUT2D eigenvalue weighted by atomic mass is 32.1. The Morgan fingerprint density at radius 1 is 1.33 bits per heavy atom. The van der Waals surface area contributed by atoms with E-state index in [0.29, 0.717) is 31.1 Å². The van der Waals surface area contributed by atoms with Gasteiger partial charge in [0.15, 0.2) is 17.6 Å². The number of nitrogens with zero attached hydrogens (tertiary/aromatic N) is 3. The van der Waals surface area contributed by atoms with E-state index in [0.717, 1.165) is 10.8 Å². The summed E-state index contributed by atoms with van der Waals surface area (Å²) in [6.07, 6.45) is 0.980. The van der Waals surface area contributed by atoms with E-state index < -0.39 is 0 Å². The molecule has 0 amide bonds. The molecule has 27 heavy (non-hydrogen) atoms. The van der Waals surface area contributed by atoms with Crippen LogP contribution in [0.1, 0.15) is 49.2 Å². The van der Waals surface area contributed by atoms with Crippen LogP contribution in [0.2, 0.25) is 0 Å². The molecule has 0 atom stereocenters. The summed E-state index contributed by atoms with van der Waals surface area (Å²) < 4.78 is 10.2. The summed E-state index contributed by atoms with van der Waals surface area (Å²) in [7, 11) is 0. The van der Waals surface area contributed by atoms with E-state index >= 15 is 0 Å². The number of rotatable bonds is 9. The molecule has 0 aliphatic rings. The van der Waals surface area contributed by atoms with E-state index in [1.165, 1.54) is 9.75 Å². The molecular weight excluding hydrogens is 384 g/mol. The summed E-state index contributed by atoms with van der Waals surface area (Å²) in [5.41, 5.74) is 0.986. The number of anilines is 1. The third-order valence-corrected chi connectivity index (χ3v) is 5.51. The summed E-state index contributed by atoms with van der Waals surface area (Å²) in [6.45, 7) is 6.70. The van der Waals surface area contributed by atoms with Crippen molar-refractivity contribution in [1.82, 2.24) is 15.1 Å². The molecule has 3 heterocycles. The Labute approximate surface area is 165 Å². The molecule has 0 saturated carbocycles. The molecule has 0 saturated heterocycles. The molecule has 0 bridgehead atoms. The van der Waals surface area contributed by atoms with Crippen LogP contribution in [0.4, 0.5) is 5.13 Å². The number of carbonyl (C=O) groups excluding carboxylic acids is 1. The second-order valence-corrected chi connectivity index (χ2v) is 8.49. The average Bonchev–Trinajstić information content (AvgIpc) is 3.37. The van der Waals surface area contributed by atoms with Crippen molar-refractivity contribution in [3.63, 3.8) is 0 Å². The fourth-order valence-electron chi connectivity index (χ4n) is 2.24. The van der Waals surface area contributed by atoms with Crippen molar-refractivity contribution >= 4 is 33.8 Å². The molecule has 0 aliphatic carbocycles. The fraction of sp³-hybridized carbons (Fsp3) is 0.444. The third-order valence-electron chi connectivity index (χ3n) is 3.69. The van der Waals surface area contributed by atoms with E-state index in [-0.39, 0.29) is 18.5 Å². The van der Waals surface area contributed by atoms with Gasteiger partial charge in [0.25, 0.3) is 5.89 Å². The Kier molecular flexibility index (Phi) is 6.57. The Balaban J connectivity index is 1.35. The van der Waals surface area contributed by atoms with Crippen LogP contribution in [-0.4, -0.2) is 27.6 Å². The van der Waals surface area contributed by atoms with Crippen LogP contribution in [0.15, 0.2) is 22.0 Å². The monoisotopic (exact) mass is 406 g/mol. The molecule has 1 N–H and O–H groups in total. The molecule has 0 unspecified atom stereocenters. The number of thiazole rings is 1. The lowest BCUT2D eigenvalue weighted by molar-refractivity contribution is -0.145. The number of esters is 1. The van der Waals surface area contributed by atoms with Gasteiger partial charge in [0.05, 0.1) is 10.6 Å². The first-order valence-corrected chi connectivity index (χ1v) is 10.4. The predicted octanol–water partition coefficient (Wildman–Crippen LogP) is 4.62. The number of carbonyl (C=O) groups is 1. The van der Waals surface area contributed by atoms with Gasteiger partial charge in [-0.3, -0.25) is 4.79 Å². The van der Waals surface area contributed by atoms with E-state index in [9.17, 15) is 4.79 Å². The summed E-state index contributed by atoms with van der Waals surface area (Å²) in [5.74, 6) is 0.838. The molecule has 0 fully saturated rings. The zero-order chi connectivity index (χ0) is 19.2. The maximum atomic E-state index is 11.8. The predicted molar refractivity (Wildman–Crippen MR) is 106 cm³/mol. The van der Waals surface area contributed by atoms with E-state index in [2.05, 4.69) is 39.5 Å². The summed E-state index contributed by atoms with van der Waals surface area (Å²) >= 11 is 3.30. The number of hydrogen-bond donors (Lipinski definition) is 1. The van der Waals surface area contributed by atoms with Gasteiger partial charge in [-0.05, 0) is 25.5 Å². The second kappa shape index (κ2) is 9.09. The van der Waals surface area contributed by atoms with Gasteiger partial charge in [-0.25, -0.2) is 4.98 Å².